The number of benzene rings is 1. The second-order valence-corrected chi connectivity index (χ2v) is 5.12. The maximum atomic E-state index is 13.6. The third-order valence-electron chi connectivity index (χ3n) is 3.38. The quantitative estimate of drug-likeness (QED) is 0.883. The fourth-order valence-electron chi connectivity index (χ4n) is 2.30. The van der Waals surface area contributed by atoms with E-state index in [0.29, 0.717) is 17.7 Å². The molecule has 0 saturated heterocycles. The molecule has 0 saturated carbocycles. The topological polar surface area (TPSA) is 49.8 Å². The van der Waals surface area contributed by atoms with Crippen molar-refractivity contribution in [1.29, 1.82) is 0 Å². The van der Waals surface area contributed by atoms with Gasteiger partial charge in [0.15, 0.2) is 0 Å². The van der Waals surface area contributed by atoms with E-state index in [2.05, 4.69) is 20.6 Å². The van der Waals surface area contributed by atoms with Crippen LogP contribution < -0.4 is 10.6 Å². The molecule has 1 heterocycles. The van der Waals surface area contributed by atoms with E-state index in [9.17, 15) is 4.39 Å². The van der Waals surface area contributed by atoms with E-state index in [4.69, 9.17) is 0 Å². The molecule has 0 fully saturated rings. The second-order valence-electron chi connectivity index (χ2n) is 5.12. The fraction of sp³-hybridized carbons (Fsp3) is 0.375. The van der Waals surface area contributed by atoms with E-state index in [1.54, 1.807) is 13.8 Å². The van der Waals surface area contributed by atoms with Crippen LogP contribution >= 0.6 is 0 Å². The van der Waals surface area contributed by atoms with Crippen LogP contribution in [-0.4, -0.2) is 16.5 Å². The summed E-state index contributed by atoms with van der Waals surface area (Å²) in [6.45, 7) is 8.98. The Bertz CT molecular complexity index is 617. The Labute approximate surface area is 124 Å². The predicted molar refractivity (Wildman–Crippen MR) is 84.1 cm³/mol. The third-order valence-corrected chi connectivity index (χ3v) is 3.38. The summed E-state index contributed by atoms with van der Waals surface area (Å²) < 4.78 is 13.6. The number of hydrogen-bond donors (Lipinski definition) is 2. The Morgan fingerprint density at radius 3 is 2.14 bits per heavy atom. The number of rotatable bonds is 5. The van der Waals surface area contributed by atoms with E-state index in [0.717, 1.165) is 29.3 Å². The van der Waals surface area contributed by atoms with Gasteiger partial charge in [0, 0.05) is 18.7 Å². The largest absolute Gasteiger partial charge is 0.370 e. The summed E-state index contributed by atoms with van der Waals surface area (Å²) in [5, 5.41) is 6.49. The first kappa shape index (κ1) is 15.2. The van der Waals surface area contributed by atoms with Gasteiger partial charge in [0.2, 0.25) is 0 Å². The fourth-order valence-corrected chi connectivity index (χ4v) is 2.30. The molecule has 1 aromatic carbocycles. The number of aromatic nitrogens is 2. The zero-order chi connectivity index (χ0) is 15.4. The molecule has 0 aliphatic heterocycles. The molecule has 0 amide bonds. The highest BCUT2D eigenvalue weighted by atomic mass is 19.1. The Balaban J connectivity index is 2.15. The average Bonchev–Trinajstić information content (AvgIpc) is 2.45. The van der Waals surface area contributed by atoms with Crippen LogP contribution in [-0.2, 0) is 6.54 Å². The highest BCUT2D eigenvalue weighted by Crippen LogP contribution is 2.20. The molecule has 5 heteroatoms. The van der Waals surface area contributed by atoms with Gasteiger partial charge in [0.1, 0.15) is 23.8 Å². The standard InChI is InChI=1S/C16H21FN4/c1-5-18-15-12(4)16(21-9-20-15)19-8-13-6-10(2)14(17)11(3)7-13/h6-7,9H,5,8H2,1-4H3,(H2,18,19,20,21). The minimum Gasteiger partial charge on any atom is -0.370 e. The summed E-state index contributed by atoms with van der Waals surface area (Å²) in [6.07, 6.45) is 1.54. The lowest BCUT2D eigenvalue weighted by Crippen LogP contribution is -2.08. The third kappa shape index (κ3) is 3.48. The molecule has 2 N–H and O–H groups in total. The minimum atomic E-state index is -0.133. The Morgan fingerprint density at radius 2 is 1.57 bits per heavy atom. The second kappa shape index (κ2) is 6.52. The van der Waals surface area contributed by atoms with Crippen molar-refractivity contribution in [3.8, 4) is 0 Å². The van der Waals surface area contributed by atoms with Gasteiger partial charge in [-0.25, -0.2) is 14.4 Å². The number of anilines is 2. The molecule has 0 unspecified atom stereocenters. The number of hydrogen-bond acceptors (Lipinski definition) is 4. The SMILES string of the molecule is CCNc1ncnc(NCc2cc(C)c(F)c(C)c2)c1C. The molecule has 0 aliphatic carbocycles. The van der Waals surface area contributed by atoms with E-state index in [1.807, 2.05) is 26.0 Å². The number of halogens is 1. The van der Waals surface area contributed by atoms with Gasteiger partial charge in [-0.3, -0.25) is 0 Å². The van der Waals surface area contributed by atoms with Gasteiger partial charge in [0.05, 0.1) is 0 Å². The first-order valence-corrected chi connectivity index (χ1v) is 7.08. The van der Waals surface area contributed by atoms with E-state index in [-0.39, 0.29) is 5.82 Å². The predicted octanol–water partition coefficient (Wildman–Crippen LogP) is 3.58. The molecule has 4 nitrogen and oxygen atoms in total. The maximum Gasteiger partial charge on any atom is 0.134 e. The van der Waals surface area contributed by atoms with Crippen molar-refractivity contribution in [3.05, 3.63) is 46.5 Å². The molecule has 112 valence electrons. The van der Waals surface area contributed by atoms with Crippen LogP contribution in [0.5, 0.6) is 0 Å². The van der Waals surface area contributed by atoms with Gasteiger partial charge in [-0.1, -0.05) is 12.1 Å². The van der Waals surface area contributed by atoms with Crippen LogP contribution in [0, 0.1) is 26.6 Å². The van der Waals surface area contributed by atoms with Crippen LogP contribution in [0.15, 0.2) is 18.5 Å². The summed E-state index contributed by atoms with van der Waals surface area (Å²) in [6, 6.07) is 3.72. The summed E-state index contributed by atoms with van der Waals surface area (Å²) in [4.78, 5) is 8.47. The van der Waals surface area contributed by atoms with Crippen LogP contribution in [0.3, 0.4) is 0 Å². The molecule has 0 bridgehead atoms. The zero-order valence-electron chi connectivity index (χ0n) is 12.9. The summed E-state index contributed by atoms with van der Waals surface area (Å²) in [5.41, 5.74) is 3.35. The van der Waals surface area contributed by atoms with Gasteiger partial charge >= 0.3 is 0 Å². The Morgan fingerprint density at radius 1 is 1.00 bits per heavy atom. The van der Waals surface area contributed by atoms with Crippen LogP contribution in [0.2, 0.25) is 0 Å². The van der Waals surface area contributed by atoms with Crippen molar-refractivity contribution in [3.63, 3.8) is 0 Å². The van der Waals surface area contributed by atoms with Crippen molar-refractivity contribution < 1.29 is 4.39 Å². The van der Waals surface area contributed by atoms with Crippen LogP contribution in [0.4, 0.5) is 16.0 Å². The van der Waals surface area contributed by atoms with Crippen molar-refractivity contribution in [2.75, 3.05) is 17.2 Å². The van der Waals surface area contributed by atoms with Gasteiger partial charge < -0.3 is 10.6 Å². The number of nitrogens with one attached hydrogen (secondary N) is 2. The molecule has 0 radical (unpaired) electrons. The van der Waals surface area contributed by atoms with Gasteiger partial charge in [-0.15, -0.1) is 0 Å². The lowest BCUT2D eigenvalue weighted by Gasteiger charge is -2.13. The Hall–Kier alpha value is -2.17. The van der Waals surface area contributed by atoms with E-state index >= 15 is 0 Å². The first-order chi connectivity index (χ1) is 10.0. The highest BCUT2D eigenvalue weighted by Gasteiger charge is 2.08. The minimum absolute atomic E-state index is 0.133. The summed E-state index contributed by atoms with van der Waals surface area (Å²) in [5.74, 6) is 1.49. The normalized spacial score (nSPS) is 10.5. The lowest BCUT2D eigenvalue weighted by atomic mass is 10.1. The van der Waals surface area contributed by atoms with Crippen molar-refractivity contribution in [1.82, 2.24) is 9.97 Å². The van der Waals surface area contributed by atoms with Gasteiger partial charge in [0.25, 0.3) is 0 Å². The van der Waals surface area contributed by atoms with Crippen molar-refractivity contribution >= 4 is 11.6 Å². The van der Waals surface area contributed by atoms with Crippen LogP contribution in [0.25, 0.3) is 0 Å². The Kier molecular flexibility index (Phi) is 4.73. The maximum absolute atomic E-state index is 13.6. The van der Waals surface area contributed by atoms with Crippen molar-refractivity contribution in [2.45, 2.75) is 34.2 Å². The molecule has 2 rings (SSSR count). The molecule has 0 atom stereocenters. The lowest BCUT2D eigenvalue weighted by molar-refractivity contribution is 0.608. The zero-order valence-corrected chi connectivity index (χ0v) is 12.9. The molecule has 0 spiro atoms. The first-order valence-electron chi connectivity index (χ1n) is 7.08. The number of nitrogens with zero attached hydrogens (tertiary/aromatic N) is 2. The average molecular weight is 288 g/mol. The van der Waals surface area contributed by atoms with Crippen molar-refractivity contribution in [2.24, 2.45) is 0 Å². The molecular formula is C16H21FN4. The summed E-state index contributed by atoms with van der Waals surface area (Å²) in [7, 11) is 0. The molecular weight excluding hydrogens is 267 g/mol. The monoisotopic (exact) mass is 288 g/mol. The highest BCUT2D eigenvalue weighted by molar-refractivity contribution is 5.56. The molecule has 1 aromatic heterocycles. The van der Waals surface area contributed by atoms with E-state index in [1.165, 1.54) is 6.33 Å². The smallest absolute Gasteiger partial charge is 0.134 e. The summed E-state index contributed by atoms with van der Waals surface area (Å²) >= 11 is 0. The van der Waals surface area contributed by atoms with Crippen LogP contribution in [0.1, 0.15) is 29.2 Å². The van der Waals surface area contributed by atoms with Gasteiger partial charge in [-0.2, -0.15) is 0 Å². The molecule has 2 aromatic rings. The molecule has 0 aliphatic rings. The van der Waals surface area contributed by atoms with Gasteiger partial charge in [-0.05, 0) is 44.4 Å². The number of aryl methyl sites for hydroxylation is 2. The van der Waals surface area contributed by atoms with E-state index < -0.39 is 0 Å². The molecule has 21 heavy (non-hydrogen) atoms.